The first-order chi connectivity index (χ1) is 12.6. The monoisotopic (exact) mass is 354 g/mol. The van der Waals surface area contributed by atoms with E-state index in [0.29, 0.717) is 12.2 Å². The number of nitrogens with zero attached hydrogens (tertiary/aromatic N) is 5. The summed E-state index contributed by atoms with van der Waals surface area (Å²) in [5, 5.41) is 0. The normalized spacial score (nSPS) is 20.6. The van der Waals surface area contributed by atoms with Gasteiger partial charge in [-0.3, -0.25) is 4.79 Å². The second kappa shape index (κ2) is 7.05. The third-order valence-electron chi connectivity index (χ3n) is 5.43. The molecular weight excluding hydrogens is 328 g/mol. The maximum atomic E-state index is 12.8. The molecule has 2 aromatic rings. The number of carbonyl (C=O) groups is 1. The van der Waals surface area contributed by atoms with Gasteiger partial charge in [-0.2, -0.15) is 0 Å². The number of amides is 1. The Labute approximate surface area is 153 Å². The summed E-state index contributed by atoms with van der Waals surface area (Å²) in [6.07, 6.45) is 6.08. The maximum absolute atomic E-state index is 12.8. The van der Waals surface area contributed by atoms with Crippen molar-refractivity contribution in [3.8, 4) is 0 Å². The van der Waals surface area contributed by atoms with E-state index in [4.69, 9.17) is 4.98 Å². The molecule has 0 unspecified atom stereocenters. The lowest BCUT2D eigenvalue weighted by molar-refractivity contribution is 0.0699. The lowest BCUT2D eigenvalue weighted by atomic mass is 9.94. The molecule has 7 nitrogen and oxygen atoms in total. The van der Waals surface area contributed by atoms with E-state index in [1.165, 1.54) is 12.8 Å². The number of hydrogen-bond donors (Lipinski definition) is 1. The molecule has 138 valence electrons. The molecule has 7 heteroatoms. The molecule has 2 fully saturated rings. The van der Waals surface area contributed by atoms with Crippen molar-refractivity contribution in [2.45, 2.75) is 45.4 Å². The van der Waals surface area contributed by atoms with E-state index >= 15 is 0 Å². The molecule has 0 spiro atoms. The van der Waals surface area contributed by atoms with Crippen molar-refractivity contribution in [2.75, 3.05) is 31.1 Å². The molecular formula is C19H26N6O. The van der Waals surface area contributed by atoms with Gasteiger partial charge in [0, 0.05) is 43.9 Å². The zero-order chi connectivity index (χ0) is 18.1. The topological polar surface area (TPSA) is 78.0 Å². The van der Waals surface area contributed by atoms with Crippen molar-refractivity contribution < 1.29 is 4.79 Å². The molecule has 26 heavy (non-hydrogen) atoms. The number of carbonyl (C=O) groups excluding carboxylic acids is 1. The van der Waals surface area contributed by atoms with Gasteiger partial charge in [0.05, 0.1) is 12.0 Å². The van der Waals surface area contributed by atoms with Crippen LogP contribution in [0.3, 0.4) is 0 Å². The molecule has 0 bridgehead atoms. The Morgan fingerprint density at radius 2 is 1.96 bits per heavy atom. The Hall–Kier alpha value is -2.44. The van der Waals surface area contributed by atoms with Gasteiger partial charge < -0.3 is 14.8 Å². The highest BCUT2D eigenvalue weighted by Gasteiger charge is 2.29. The molecule has 1 atom stereocenters. The highest BCUT2D eigenvalue weighted by molar-refractivity contribution is 5.93. The number of aromatic nitrogens is 4. The Balaban J connectivity index is 1.54. The summed E-state index contributed by atoms with van der Waals surface area (Å²) >= 11 is 0. The van der Waals surface area contributed by atoms with Gasteiger partial charge in [-0.05, 0) is 39.5 Å². The Morgan fingerprint density at radius 3 is 2.69 bits per heavy atom. The second-order valence-corrected chi connectivity index (χ2v) is 7.36. The number of hydrogen-bond acceptors (Lipinski definition) is 5. The minimum absolute atomic E-state index is 0.0130. The van der Waals surface area contributed by atoms with Crippen LogP contribution in [0.4, 0.5) is 5.82 Å². The maximum Gasteiger partial charge on any atom is 0.274 e. The fourth-order valence-corrected chi connectivity index (χ4v) is 4.02. The largest absolute Gasteiger partial charge is 0.357 e. The van der Waals surface area contributed by atoms with Crippen molar-refractivity contribution >= 4 is 11.7 Å². The number of nitrogens with one attached hydrogen (secondary N) is 1. The minimum Gasteiger partial charge on any atom is -0.357 e. The van der Waals surface area contributed by atoms with E-state index in [2.05, 4.69) is 25.9 Å². The minimum atomic E-state index is 0.0130. The smallest absolute Gasteiger partial charge is 0.274 e. The van der Waals surface area contributed by atoms with Crippen LogP contribution in [0.2, 0.25) is 0 Å². The number of imidazole rings is 1. The van der Waals surface area contributed by atoms with Crippen LogP contribution in [-0.4, -0.2) is 56.9 Å². The van der Waals surface area contributed by atoms with Crippen LogP contribution in [0, 0.1) is 13.8 Å². The first kappa shape index (κ1) is 17.0. The zero-order valence-electron chi connectivity index (χ0n) is 15.5. The highest BCUT2D eigenvalue weighted by atomic mass is 16.2. The van der Waals surface area contributed by atoms with Crippen LogP contribution in [0.15, 0.2) is 12.4 Å². The number of aryl methyl sites for hydroxylation is 2. The SMILES string of the molecule is Cc1nc([C@@H]2CCCN(C(=O)c3nc[nH]c3C)C2)cc(N2CCCC2)n1. The van der Waals surface area contributed by atoms with Crippen molar-refractivity contribution in [1.29, 1.82) is 0 Å². The third-order valence-corrected chi connectivity index (χ3v) is 5.43. The van der Waals surface area contributed by atoms with E-state index < -0.39 is 0 Å². The van der Waals surface area contributed by atoms with Crippen molar-refractivity contribution in [1.82, 2.24) is 24.8 Å². The first-order valence-corrected chi connectivity index (χ1v) is 9.51. The summed E-state index contributed by atoms with van der Waals surface area (Å²) in [4.78, 5) is 33.6. The van der Waals surface area contributed by atoms with Crippen molar-refractivity contribution in [3.63, 3.8) is 0 Å². The average molecular weight is 354 g/mol. The molecule has 2 aliphatic rings. The number of aromatic amines is 1. The summed E-state index contributed by atoms with van der Waals surface area (Å²) < 4.78 is 0. The predicted octanol–water partition coefficient (Wildman–Crippen LogP) is 2.44. The van der Waals surface area contributed by atoms with Crippen LogP contribution in [-0.2, 0) is 0 Å². The number of H-pyrrole nitrogens is 1. The fourth-order valence-electron chi connectivity index (χ4n) is 4.02. The molecule has 4 rings (SSSR count). The summed E-state index contributed by atoms with van der Waals surface area (Å²) in [5.41, 5.74) is 2.42. The Morgan fingerprint density at radius 1 is 1.15 bits per heavy atom. The zero-order valence-corrected chi connectivity index (χ0v) is 15.5. The quantitative estimate of drug-likeness (QED) is 0.916. The summed E-state index contributed by atoms with van der Waals surface area (Å²) in [6, 6.07) is 2.14. The molecule has 0 aromatic carbocycles. The van der Waals surface area contributed by atoms with Crippen molar-refractivity contribution in [3.05, 3.63) is 35.3 Å². The van der Waals surface area contributed by atoms with Crippen LogP contribution in [0.25, 0.3) is 0 Å². The van der Waals surface area contributed by atoms with E-state index in [0.717, 1.165) is 55.5 Å². The number of rotatable bonds is 3. The first-order valence-electron chi connectivity index (χ1n) is 9.51. The van der Waals surface area contributed by atoms with E-state index in [1.807, 2.05) is 18.7 Å². The second-order valence-electron chi connectivity index (χ2n) is 7.36. The summed E-state index contributed by atoms with van der Waals surface area (Å²) in [6.45, 7) is 7.47. The van der Waals surface area contributed by atoms with Gasteiger partial charge in [0.2, 0.25) is 0 Å². The summed E-state index contributed by atoms with van der Waals surface area (Å²) in [5.74, 6) is 2.13. The Kier molecular flexibility index (Phi) is 4.61. The van der Waals surface area contributed by atoms with Crippen LogP contribution < -0.4 is 4.90 Å². The van der Waals surface area contributed by atoms with Gasteiger partial charge in [0.15, 0.2) is 0 Å². The van der Waals surface area contributed by atoms with Gasteiger partial charge in [-0.15, -0.1) is 0 Å². The van der Waals surface area contributed by atoms with E-state index in [1.54, 1.807) is 6.33 Å². The fraction of sp³-hybridized carbons (Fsp3) is 0.579. The van der Waals surface area contributed by atoms with Gasteiger partial charge in [0.1, 0.15) is 17.3 Å². The lowest BCUT2D eigenvalue weighted by Gasteiger charge is -2.32. The molecule has 0 saturated carbocycles. The molecule has 1 N–H and O–H groups in total. The van der Waals surface area contributed by atoms with Gasteiger partial charge >= 0.3 is 0 Å². The lowest BCUT2D eigenvalue weighted by Crippen LogP contribution is -2.39. The molecule has 4 heterocycles. The average Bonchev–Trinajstić information content (AvgIpc) is 3.32. The molecule has 1 amide bonds. The molecule has 2 saturated heterocycles. The standard InChI is InChI=1S/C19H26N6O/c1-13-18(21-12-20-13)19(26)25-9-5-6-15(11-25)16-10-17(23-14(2)22-16)24-7-3-4-8-24/h10,12,15H,3-9,11H2,1-2H3,(H,20,21)/t15-/m1/s1. The van der Waals surface area contributed by atoms with Gasteiger partial charge in [-0.1, -0.05) is 0 Å². The predicted molar refractivity (Wildman–Crippen MR) is 99.4 cm³/mol. The molecule has 2 aliphatic heterocycles. The molecule has 0 radical (unpaired) electrons. The van der Waals surface area contributed by atoms with Gasteiger partial charge in [-0.25, -0.2) is 15.0 Å². The Bertz CT molecular complexity index is 795. The van der Waals surface area contributed by atoms with Crippen LogP contribution >= 0.6 is 0 Å². The van der Waals surface area contributed by atoms with E-state index in [-0.39, 0.29) is 11.8 Å². The molecule has 2 aromatic heterocycles. The van der Waals surface area contributed by atoms with Crippen molar-refractivity contribution in [2.24, 2.45) is 0 Å². The van der Waals surface area contributed by atoms with Crippen LogP contribution in [0.5, 0.6) is 0 Å². The number of anilines is 1. The molecule has 0 aliphatic carbocycles. The number of piperidine rings is 1. The highest BCUT2D eigenvalue weighted by Crippen LogP contribution is 2.29. The van der Waals surface area contributed by atoms with Gasteiger partial charge in [0.25, 0.3) is 5.91 Å². The third kappa shape index (κ3) is 3.30. The van der Waals surface area contributed by atoms with E-state index in [9.17, 15) is 4.79 Å². The van der Waals surface area contributed by atoms with Crippen LogP contribution in [0.1, 0.15) is 59.3 Å². The number of likely N-dealkylation sites (tertiary alicyclic amines) is 1. The summed E-state index contributed by atoms with van der Waals surface area (Å²) in [7, 11) is 0.